The Morgan fingerprint density at radius 2 is 2.00 bits per heavy atom. The van der Waals surface area contributed by atoms with Gasteiger partial charge in [0.2, 0.25) is 0 Å². The molecule has 0 amide bonds. The Kier molecular flexibility index (Phi) is 8.57. The highest BCUT2D eigenvalue weighted by atomic mass is 16.5. The lowest BCUT2D eigenvalue weighted by Crippen LogP contribution is -2.26. The van der Waals surface area contributed by atoms with Gasteiger partial charge in [0.15, 0.2) is 0 Å². The minimum atomic E-state index is -0.161. The second kappa shape index (κ2) is 8.97. The molecule has 0 aliphatic rings. The van der Waals surface area contributed by atoms with Crippen LogP contribution in [0.1, 0.15) is 19.8 Å². The van der Waals surface area contributed by atoms with Crippen LogP contribution >= 0.6 is 0 Å². The highest BCUT2D eigenvalue weighted by Gasteiger charge is 2.03. The summed E-state index contributed by atoms with van der Waals surface area (Å²) in [6.07, 6.45) is 1.49. The van der Waals surface area contributed by atoms with Gasteiger partial charge < -0.3 is 14.4 Å². The topological polar surface area (TPSA) is 38.8 Å². The van der Waals surface area contributed by atoms with Crippen LogP contribution in [0.3, 0.4) is 0 Å². The molecule has 84 valence electrons. The first kappa shape index (κ1) is 13.4. The molecule has 0 radical (unpaired) electrons. The molecule has 0 aliphatic heterocycles. The molecule has 0 spiro atoms. The van der Waals surface area contributed by atoms with Crippen molar-refractivity contribution >= 4 is 5.97 Å². The molecule has 0 atom stereocenters. The van der Waals surface area contributed by atoms with Gasteiger partial charge in [-0.2, -0.15) is 0 Å². The predicted octanol–water partition coefficient (Wildman–Crippen LogP) is 0.908. The Morgan fingerprint density at radius 3 is 2.57 bits per heavy atom. The van der Waals surface area contributed by atoms with Crippen molar-refractivity contribution in [2.45, 2.75) is 19.8 Å². The second-order valence-corrected chi connectivity index (χ2v) is 3.24. The lowest BCUT2D eigenvalue weighted by molar-refractivity contribution is -0.140. The van der Waals surface area contributed by atoms with Crippen molar-refractivity contribution < 1.29 is 14.3 Å². The van der Waals surface area contributed by atoms with E-state index in [2.05, 4.69) is 16.6 Å². The van der Waals surface area contributed by atoms with E-state index in [9.17, 15) is 4.79 Å². The number of carbonyl (C=O) groups is 1. The molecule has 0 aromatic heterocycles. The van der Waals surface area contributed by atoms with Crippen molar-refractivity contribution in [3.8, 4) is 0 Å². The summed E-state index contributed by atoms with van der Waals surface area (Å²) in [4.78, 5) is 12.9. The first-order valence-corrected chi connectivity index (χ1v) is 5.03. The summed E-state index contributed by atoms with van der Waals surface area (Å²) in [5, 5.41) is 0. The van der Waals surface area contributed by atoms with E-state index < -0.39 is 0 Å². The maximum absolute atomic E-state index is 10.8. The lowest BCUT2D eigenvalue weighted by atomic mass is 10.4. The van der Waals surface area contributed by atoms with Crippen molar-refractivity contribution in [1.82, 2.24) is 4.90 Å². The fourth-order valence-corrected chi connectivity index (χ4v) is 0.963. The average Bonchev–Trinajstić information content (AvgIpc) is 2.21. The van der Waals surface area contributed by atoms with Gasteiger partial charge in [0.25, 0.3) is 0 Å². The number of carbonyl (C=O) groups excluding carboxylic acids is 1. The van der Waals surface area contributed by atoms with Crippen LogP contribution < -0.4 is 0 Å². The Labute approximate surface area is 86.2 Å². The first-order chi connectivity index (χ1) is 6.70. The summed E-state index contributed by atoms with van der Waals surface area (Å²) in [6.45, 7) is 5.20. The molecule has 0 aromatic carbocycles. The number of methoxy groups -OCH3 is 1. The SMILES string of the molecule is CCCOCCN(C)CCC(=O)OC. The van der Waals surface area contributed by atoms with E-state index in [0.29, 0.717) is 6.42 Å². The fourth-order valence-electron chi connectivity index (χ4n) is 0.963. The third-order valence-corrected chi connectivity index (χ3v) is 1.89. The monoisotopic (exact) mass is 203 g/mol. The Balaban J connectivity index is 3.27. The molecule has 0 fully saturated rings. The molecular formula is C10H21NO3. The van der Waals surface area contributed by atoms with E-state index in [4.69, 9.17) is 4.74 Å². The number of nitrogens with zero attached hydrogens (tertiary/aromatic N) is 1. The summed E-state index contributed by atoms with van der Waals surface area (Å²) in [7, 11) is 3.38. The normalized spacial score (nSPS) is 10.6. The van der Waals surface area contributed by atoms with Crippen molar-refractivity contribution in [3.63, 3.8) is 0 Å². The quantitative estimate of drug-likeness (QED) is 0.434. The highest BCUT2D eigenvalue weighted by Crippen LogP contribution is 1.90. The molecule has 0 unspecified atom stereocenters. The number of likely N-dealkylation sites (N-methyl/N-ethyl adjacent to an activating group) is 1. The second-order valence-electron chi connectivity index (χ2n) is 3.24. The zero-order valence-electron chi connectivity index (χ0n) is 9.41. The Bertz CT molecular complexity index is 150. The minimum absolute atomic E-state index is 0.161. The molecule has 0 aromatic rings. The van der Waals surface area contributed by atoms with E-state index in [-0.39, 0.29) is 5.97 Å². The van der Waals surface area contributed by atoms with Gasteiger partial charge in [0, 0.05) is 19.7 Å². The maximum atomic E-state index is 10.8. The third-order valence-electron chi connectivity index (χ3n) is 1.89. The van der Waals surface area contributed by atoms with Gasteiger partial charge in [-0.15, -0.1) is 0 Å². The van der Waals surface area contributed by atoms with Crippen LogP contribution in [0.15, 0.2) is 0 Å². The maximum Gasteiger partial charge on any atom is 0.306 e. The number of esters is 1. The van der Waals surface area contributed by atoms with Gasteiger partial charge in [-0.3, -0.25) is 4.79 Å². The van der Waals surface area contributed by atoms with E-state index in [1.807, 2.05) is 7.05 Å². The molecule has 0 bridgehead atoms. The van der Waals surface area contributed by atoms with E-state index in [0.717, 1.165) is 32.7 Å². The molecule has 0 saturated heterocycles. The summed E-state index contributed by atoms with van der Waals surface area (Å²) < 4.78 is 9.88. The number of hydrogen-bond acceptors (Lipinski definition) is 4. The van der Waals surface area contributed by atoms with Crippen LogP contribution in [-0.2, 0) is 14.3 Å². The van der Waals surface area contributed by atoms with Gasteiger partial charge in [-0.25, -0.2) is 0 Å². The van der Waals surface area contributed by atoms with Crippen LogP contribution in [0, 0.1) is 0 Å². The number of rotatable bonds is 8. The zero-order valence-corrected chi connectivity index (χ0v) is 9.41. The zero-order chi connectivity index (χ0) is 10.8. The van der Waals surface area contributed by atoms with Gasteiger partial charge in [0.1, 0.15) is 0 Å². The first-order valence-electron chi connectivity index (χ1n) is 5.03. The lowest BCUT2D eigenvalue weighted by Gasteiger charge is -2.15. The van der Waals surface area contributed by atoms with E-state index in [1.54, 1.807) is 0 Å². The molecule has 0 heterocycles. The molecule has 14 heavy (non-hydrogen) atoms. The predicted molar refractivity (Wildman–Crippen MR) is 55.2 cm³/mol. The van der Waals surface area contributed by atoms with E-state index >= 15 is 0 Å². The summed E-state index contributed by atoms with van der Waals surface area (Å²) in [6, 6.07) is 0. The standard InChI is InChI=1S/C10H21NO3/c1-4-8-14-9-7-11(2)6-5-10(12)13-3/h4-9H2,1-3H3. The van der Waals surface area contributed by atoms with Gasteiger partial charge in [-0.1, -0.05) is 6.92 Å². The van der Waals surface area contributed by atoms with E-state index in [1.165, 1.54) is 7.11 Å². The van der Waals surface area contributed by atoms with Crippen molar-refractivity contribution in [1.29, 1.82) is 0 Å². The van der Waals surface area contributed by atoms with Gasteiger partial charge in [0.05, 0.1) is 20.1 Å². The van der Waals surface area contributed by atoms with Gasteiger partial charge in [-0.05, 0) is 13.5 Å². The molecule has 4 nitrogen and oxygen atoms in total. The summed E-state index contributed by atoms with van der Waals surface area (Å²) in [5.74, 6) is -0.161. The third kappa shape index (κ3) is 8.01. The van der Waals surface area contributed by atoms with Crippen LogP contribution in [-0.4, -0.2) is 51.3 Å². The molecule has 4 heteroatoms. The molecular weight excluding hydrogens is 182 g/mol. The van der Waals surface area contributed by atoms with Crippen molar-refractivity contribution in [2.75, 3.05) is 40.5 Å². The van der Waals surface area contributed by atoms with Crippen LogP contribution in [0.5, 0.6) is 0 Å². The minimum Gasteiger partial charge on any atom is -0.469 e. The van der Waals surface area contributed by atoms with Crippen LogP contribution in [0.25, 0.3) is 0 Å². The smallest absolute Gasteiger partial charge is 0.306 e. The summed E-state index contributed by atoms with van der Waals surface area (Å²) >= 11 is 0. The summed E-state index contributed by atoms with van der Waals surface area (Å²) in [5.41, 5.74) is 0. The molecule has 0 aliphatic carbocycles. The van der Waals surface area contributed by atoms with Gasteiger partial charge >= 0.3 is 5.97 Å². The number of ether oxygens (including phenoxy) is 2. The fraction of sp³-hybridized carbons (Fsp3) is 0.900. The van der Waals surface area contributed by atoms with Crippen LogP contribution in [0.4, 0.5) is 0 Å². The number of hydrogen-bond donors (Lipinski definition) is 0. The molecule has 0 N–H and O–H groups in total. The highest BCUT2D eigenvalue weighted by molar-refractivity contribution is 5.69. The largest absolute Gasteiger partial charge is 0.469 e. The van der Waals surface area contributed by atoms with Crippen molar-refractivity contribution in [2.24, 2.45) is 0 Å². The molecule has 0 saturated carbocycles. The Hall–Kier alpha value is -0.610. The molecule has 0 rings (SSSR count). The van der Waals surface area contributed by atoms with Crippen molar-refractivity contribution in [3.05, 3.63) is 0 Å². The Morgan fingerprint density at radius 1 is 1.29 bits per heavy atom. The van der Waals surface area contributed by atoms with Crippen LogP contribution in [0.2, 0.25) is 0 Å². The average molecular weight is 203 g/mol.